The molecule has 0 radical (unpaired) electrons. The molecule has 3 aromatic rings. The van der Waals surface area contributed by atoms with Crippen molar-refractivity contribution in [3.63, 3.8) is 0 Å². The average Bonchev–Trinajstić information content (AvgIpc) is 2.56. The van der Waals surface area contributed by atoms with Crippen molar-refractivity contribution in [1.82, 2.24) is 0 Å². The quantitative estimate of drug-likeness (QED) is 0.787. The maximum Gasteiger partial charge on any atom is 0.262 e. The average molecular weight is 309 g/mol. The third-order valence-electron chi connectivity index (χ3n) is 3.29. The molecule has 4 heteroatoms. The summed E-state index contributed by atoms with van der Waals surface area (Å²) in [6.07, 6.45) is 0. The molecular formula is C18H15NO2S. The number of nitrogens with one attached hydrogen (secondary N) is 1. The molecule has 0 amide bonds. The van der Waals surface area contributed by atoms with E-state index < -0.39 is 10.0 Å². The van der Waals surface area contributed by atoms with Crippen molar-refractivity contribution in [2.45, 2.75) is 4.90 Å². The van der Waals surface area contributed by atoms with Gasteiger partial charge in [0.15, 0.2) is 0 Å². The van der Waals surface area contributed by atoms with Crippen LogP contribution < -0.4 is 4.72 Å². The van der Waals surface area contributed by atoms with E-state index in [9.17, 15) is 8.42 Å². The fraction of sp³-hybridized carbons (Fsp3) is 0. The number of para-hydroxylation sites is 1. The standard InChI is InChI=1S/C18H15NO2S/c20-22(21,19-16-11-5-2-6-12-16)18-14-8-7-13-17(18)15-9-3-1-4-10-15/h1-14,19H. The van der Waals surface area contributed by atoms with Gasteiger partial charge in [-0.15, -0.1) is 0 Å². The zero-order valence-electron chi connectivity index (χ0n) is 11.8. The van der Waals surface area contributed by atoms with Gasteiger partial charge >= 0.3 is 0 Å². The van der Waals surface area contributed by atoms with Crippen molar-refractivity contribution in [2.24, 2.45) is 0 Å². The van der Waals surface area contributed by atoms with Crippen LogP contribution in [-0.4, -0.2) is 8.42 Å². The number of anilines is 1. The van der Waals surface area contributed by atoms with Crippen LogP contribution in [0.5, 0.6) is 0 Å². The van der Waals surface area contributed by atoms with E-state index in [1.165, 1.54) is 0 Å². The zero-order valence-corrected chi connectivity index (χ0v) is 12.6. The van der Waals surface area contributed by atoms with E-state index in [1.54, 1.807) is 36.4 Å². The molecule has 0 unspecified atom stereocenters. The van der Waals surface area contributed by atoms with Gasteiger partial charge in [0.05, 0.1) is 4.90 Å². The predicted octanol–water partition coefficient (Wildman–Crippen LogP) is 4.15. The monoisotopic (exact) mass is 309 g/mol. The predicted molar refractivity (Wildman–Crippen MR) is 89.1 cm³/mol. The van der Waals surface area contributed by atoms with E-state index in [1.807, 2.05) is 48.5 Å². The molecule has 0 aliphatic rings. The lowest BCUT2D eigenvalue weighted by Gasteiger charge is -2.12. The Bertz CT molecular complexity index is 860. The van der Waals surface area contributed by atoms with Gasteiger partial charge in [0.2, 0.25) is 0 Å². The van der Waals surface area contributed by atoms with Gasteiger partial charge in [0.25, 0.3) is 10.0 Å². The van der Waals surface area contributed by atoms with Gasteiger partial charge in [-0.25, -0.2) is 8.42 Å². The Morgan fingerprint density at radius 1 is 0.636 bits per heavy atom. The molecule has 0 spiro atoms. The van der Waals surface area contributed by atoms with Gasteiger partial charge in [0, 0.05) is 11.3 Å². The number of hydrogen-bond donors (Lipinski definition) is 1. The highest BCUT2D eigenvalue weighted by Crippen LogP contribution is 2.28. The molecule has 0 fully saturated rings. The molecule has 0 bridgehead atoms. The Morgan fingerprint density at radius 3 is 1.86 bits per heavy atom. The lowest BCUT2D eigenvalue weighted by atomic mass is 10.1. The molecule has 3 aromatic carbocycles. The normalized spacial score (nSPS) is 11.1. The summed E-state index contributed by atoms with van der Waals surface area (Å²) in [4.78, 5) is 0.269. The fourth-order valence-corrected chi connectivity index (χ4v) is 3.56. The number of sulfonamides is 1. The van der Waals surface area contributed by atoms with Crippen LogP contribution in [0.2, 0.25) is 0 Å². The van der Waals surface area contributed by atoms with Crippen molar-refractivity contribution in [3.05, 3.63) is 84.9 Å². The zero-order chi connectivity index (χ0) is 15.4. The van der Waals surface area contributed by atoms with E-state index in [4.69, 9.17) is 0 Å². The maximum atomic E-state index is 12.7. The van der Waals surface area contributed by atoms with Crippen LogP contribution in [0.25, 0.3) is 11.1 Å². The van der Waals surface area contributed by atoms with Crippen LogP contribution in [-0.2, 0) is 10.0 Å². The molecular weight excluding hydrogens is 294 g/mol. The van der Waals surface area contributed by atoms with Gasteiger partial charge < -0.3 is 0 Å². The van der Waals surface area contributed by atoms with E-state index in [0.717, 1.165) is 5.56 Å². The second-order valence-electron chi connectivity index (χ2n) is 4.83. The van der Waals surface area contributed by atoms with Crippen molar-refractivity contribution in [3.8, 4) is 11.1 Å². The molecule has 1 N–H and O–H groups in total. The first-order valence-electron chi connectivity index (χ1n) is 6.89. The maximum absolute atomic E-state index is 12.7. The van der Waals surface area contributed by atoms with Crippen LogP contribution in [0.1, 0.15) is 0 Å². The summed E-state index contributed by atoms with van der Waals surface area (Å²) in [6, 6.07) is 25.4. The molecule has 0 saturated heterocycles. The van der Waals surface area contributed by atoms with E-state index >= 15 is 0 Å². The van der Waals surface area contributed by atoms with Crippen LogP contribution in [0.15, 0.2) is 89.8 Å². The van der Waals surface area contributed by atoms with E-state index in [-0.39, 0.29) is 4.90 Å². The molecule has 22 heavy (non-hydrogen) atoms. The molecule has 0 aromatic heterocycles. The van der Waals surface area contributed by atoms with Crippen LogP contribution in [0.4, 0.5) is 5.69 Å². The van der Waals surface area contributed by atoms with Gasteiger partial charge in [0.1, 0.15) is 0 Å². The number of hydrogen-bond acceptors (Lipinski definition) is 2. The van der Waals surface area contributed by atoms with Crippen LogP contribution in [0.3, 0.4) is 0 Å². The molecule has 0 atom stereocenters. The van der Waals surface area contributed by atoms with E-state index in [0.29, 0.717) is 11.3 Å². The molecule has 0 heterocycles. The largest absolute Gasteiger partial charge is 0.280 e. The molecule has 0 aliphatic heterocycles. The van der Waals surface area contributed by atoms with Gasteiger partial charge in [-0.3, -0.25) is 4.72 Å². The highest BCUT2D eigenvalue weighted by Gasteiger charge is 2.18. The highest BCUT2D eigenvalue weighted by molar-refractivity contribution is 7.92. The summed E-state index contributed by atoms with van der Waals surface area (Å²) in [5, 5.41) is 0. The fourth-order valence-electron chi connectivity index (χ4n) is 2.27. The lowest BCUT2D eigenvalue weighted by molar-refractivity contribution is 0.601. The summed E-state index contributed by atoms with van der Waals surface area (Å²) in [6.45, 7) is 0. The lowest BCUT2D eigenvalue weighted by Crippen LogP contribution is -2.13. The van der Waals surface area contributed by atoms with Crippen LogP contribution >= 0.6 is 0 Å². The second kappa shape index (κ2) is 6.03. The first-order chi connectivity index (χ1) is 10.7. The topological polar surface area (TPSA) is 46.2 Å². The molecule has 3 nitrogen and oxygen atoms in total. The Morgan fingerprint density at radius 2 is 1.18 bits per heavy atom. The van der Waals surface area contributed by atoms with Gasteiger partial charge in [-0.1, -0.05) is 66.7 Å². The Balaban J connectivity index is 2.05. The van der Waals surface area contributed by atoms with Crippen molar-refractivity contribution < 1.29 is 8.42 Å². The van der Waals surface area contributed by atoms with Crippen molar-refractivity contribution in [1.29, 1.82) is 0 Å². The molecule has 3 rings (SSSR count). The summed E-state index contributed by atoms with van der Waals surface area (Å²) in [5.41, 5.74) is 2.11. The molecule has 0 aliphatic carbocycles. The minimum Gasteiger partial charge on any atom is -0.280 e. The first-order valence-corrected chi connectivity index (χ1v) is 8.37. The summed E-state index contributed by atoms with van der Waals surface area (Å²) >= 11 is 0. The van der Waals surface area contributed by atoms with Crippen molar-refractivity contribution >= 4 is 15.7 Å². The number of rotatable bonds is 4. The summed E-state index contributed by atoms with van der Waals surface area (Å²) in [5.74, 6) is 0. The Labute approximate surface area is 130 Å². The minimum atomic E-state index is -3.64. The van der Waals surface area contributed by atoms with E-state index in [2.05, 4.69) is 4.72 Å². The third kappa shape index (κ3) is 3.02. The SMILES string of the molecule is O=S(=O)(Nc1ccccc1)c1ccccc1-c1ccccc1. The molecule has 110 valence electrons. The van der Waals surface area contributed by atoms with Crippen LogP contribution in [0, 0.1) is 0 Å². The first kappa shape index (κ1) is 14.4. The highest BCUT2D eigenvalue weighted by atomic mass is 32.2. The van der Waals surface area contributed by atoms with Crippen molar-refractivity contribution in [2.75, 3.05) is 4.72 Å². The summed E-state index contributed by atoms with van der Waals surface area (Å²) < 4.78 is 28.0. The Hall–Kier alpha value is -2.59. The second-order valence-corrected chi connectivity index (χ2v) is 6.48. The van der Waals surface area contributed by atoms with Gasteiger partial charge in [-0.05, 0) is 23.8 Å². The Kier molecular flexibility index (Phi) is 3.94. The minimum absolute atomic E-state index is 0.269. The number of benzene rings is 3. The third-order valence-corrected chi connectivity index (χ3v) is 4.73. The summed E-state index contributed by atoms with van der Waals surface area (Å²) in [7, 11) is -3.64. The molecule has 0 saturated carbocycles. The van der Waals surface area contributed by atoms with Gasteiger partial charge in [-0.2, -0.15) is 0 Å². The smallest absolute Gasteiger partial charge is 0.262 e.